The van der Waals surface area contributed by atoms with Crippen molar-refractivity contribution in [3.05, 3.63) is 144 Å². The fourth-order valence-corrected chi connectivity index (χ4v) is 7.92. The van der Waals surface area contributed by atoms with Crippen LogP contribution >= 0.6 is 0 Å². The maximum absolute atomic E-state index is 12.6. The van der Waals surface area contributed by atoms with Gasteiger partial charge in [0.2, 0.25) is 38.1 Å². The van der Waals surface area contributed by atoms with Crippen LogP contribution in [0, 0.1) is 0 Å². The quantitative estimate of drug-likeness (QED) is 0.125. The molecular weight excluding hydrogens is 877 g/mol. The van der Waals surface area contributed by atoms with Gasteiger partial charge in [0.05, 0.1) is 16.2 Å². The number of anilines is 3. The van der Waals surface area contributed by atoms with Gasteiger partial charge in [0.25, 0.3) is 0 Å². The minimum absolute atomic E-state index is 0.0138. The number of ether oxygens (including phenoxy) is 6. The van der Waals surface area contributed by atoms with E-state index in [0.29, 0.717) is 34.7 Å². The van der Waals surface area contributed by atoms with E-state index in [0.717, 1.165) is 72.5 Å². The van der Waals surface area contributed by atoms with Crippen LogP contribution in [0.4, 0.5) is 17.5 Å². The summed E-state index contributed by atoms with van der Waals surface area (Å²) >= 11 is 0. The minimum atomic E-state index is -0.460. The Bertz CT molecular complexity index is 2380. The van der Waals surface area contributed by atoms with Crippen molar-refractivity contribution in [3.8, 4) is 34.5 Å². The topological polar surface area (TPSA) is 181 Å². The van der Waals surface area contributed by atoms with Gasteiger partial charge in [-0.1, -0.05) is 77.9 Å². The third-order valence-corrected chi connectivity index (χ3v) is 12.0. The number of hydrogen-bond donors (Lipinski definition) is 3. The van der Waals surface area contributed by atoms with Gasteiger partial charge in [0, 0.05) is 18.6 Å². The summed E-state index contributed by atoms with van der Waals surface area (Å²) in [6, 6.07) is 33.5. The van der Waals surface area contributed by atoms with E-state index in [4.69, 9.17) is 28.4 Å². The Kier molecular flexibility index (Phi) is 16.0. The van der Waals surface area contributed by atoms with Gasteiger partial charge in [0.15, 0.2) is 34.5 Å². The van der Waals surface area contributed by atoms with Crippen LogP contribution in [0.5, 0.6) is 34.5 Å². The first-order chi connectivity index (χ1) is 33.8. The zero-order chi connectivity index (χ0) is 48.9. The van der Waals surface area contributed by atoms with Gasteiger partial charge in [-0.25, -0.2) is 15.0 Å². The number of hydrogen-bond acceptors (Lipinski definition) is 12. The standard InChI is InChI=1S/3C16H14N2O3.3C2H6/c3*19-15(18-14-3-1-2-8-17-14)16(6-7-16)11-4-5-12-13(9-11)21-10-20-12;3*1-2/h3*1-5,8-9H,6-7,10H2,(H,17,18,19);3*1-2H3. The summed E-state index contributed by atoms with van der Waals surface area (Å²) < 4.78 is 32.1. The molecule has 3 aromatic carbocycles. The first-order valence-corrected chi connectivity index (χ1v) is 23.7. The second-order valence-electron chi connectivity index (χ2n) is 16.0. The largest absolute Gasteiger partial charge is 0.454 e. The number of nitrogens with zero attached hydrogens (tertiary/aromatic N) is 3. The molecule has 3 amide bonds. The molecule has 0 spiro atoms. The van der Waals surface area contributed by atoms with Crippen LogP contribution in [0.2, 0.25) is 0 Å². The van der Waals surface area contributed by atoms with Crippen molar-refractivity contribution in [2.24, 2.45) is 0 Å². The summed E-state index contributed by atoms with van der Waals surface area (Å²) in [4.78, 5) is 50.1. The van der Waals surface area contributed by atoms with Gasteiger partial charge >= 0.3 is 0 Å². The van der Waals surface area contributed by atoms with Crippen molar-refractivity contribution < 1.29 is 42.8 Å². The summed E-state index contributed by atoms with van der Waals surface area (Å²) in [5, 5.41) is 8.67. The van der Waals surface area contributed by atoms with Crippen molar-refractivity contribution in [1.82, 2.24) is 15.0 Å². The second kappa shape index (κ2) is 22.4. The maximum atomic E-state index is 12.6. The molecule has 360 valence electrons. The number of pyridine rings is 3. The van der Waals surface area contributed by atoms with Crippen LogP contribution in [0.15, 0.2) is 128 Å². The van der Waals surface area contributed by atoms with Crippen LogP contribution in [0.1, 0.15) is 96.8 Å². The molecule has 0 unspecified atom stereocenters. The Morgan fingerprint density at radius 1 is 0.377 bits per heavy atom. The highest BCUT2D eigenvalue weighted by Gasteiger charge is 2.53. The number of nitrogens with one attached hydrogen (secondary N) is 3. The molecule has 3 saturated carbocycles. The SMILES string of the molecule is CC.CC.CC.O=C(Nc1ccccn1)C1(c2ccc3c(c2)OCO3)CC1.O=C(Nc1ccccn1)C1(c2ccc3c(c2)OCO3)CC1.O=C(Nc1ccccn1)C1(c2ccc3c(c2)OCO3)CC1. The molecular formula is C54H60N6O9. The predicted molar refractivity (Wildman–Crippen MR) is 263 cm³/mol. The predicted octanol–water partition coefficient (Wildman–Crippen LogP) is 10.5. The van der Waals surface area contributed by atoms with E-state index in [1.807, 2.05) is 133 Å². The van der Waals surface area contributed by atoms with E-state index in [1.165, 1.54) is 0 Å². The molecule has 0 saturated heterocycles. The number of fused-ring (bicyclic) bond motifs is 3. The molecule has 69 heavy (non-hydrogen) atoms. The zero-order valence-corrected chi connectivity index (χ0v) is 40.0. The lowest BCUT2D eigenvalue weighted by atomic mass is 9.94. The van der Waals surface area contributed by atoms with Gasteiger partial charge in [-0.05, 0) is 128 Å². The molecule has 6 heterocycles. The van der Waals surface area contributed by atoms with Crippen LogP contribution in [0.25, 0.3) is 0 Å². The van der Waals surface area contributed by atoms with E-state index in [-0.39, 0.29) is 38.1 Å². The summed E-state index contributed by atoms with van der Waals surface area (Å²) in [6.07, 6.45) is 10.0. The molecule has 6 aromatic rings. The summed E-state index contributed by atoms with van der Waals surface area (Å²) in [6.45, 7) is 12.7. The molecule has 3 aliphatic carbocycles. The minimum Gasteiger partial charge on any atom is -0.454 e. The van der Waals surface area contributed by atoms with E-state index in [2.05, 4.69) is 30.9 Å². The van der Waals surface area contributed by atoms with Crippen LogP contribution < -0.4 is 44.4 Å². The highest BCUT2D eigenvalue weighted by atomic mass is 16.7. The number of carbonyl (C=O) groups excluding carboxylic acids is 3. The molecule has 6 aliphatic rings. The number of aromatic nitrogens is 3. The summed E-state index contributed by atoms with van der Waals surface area (Å²) in [5.41, 5.74) is 1.54. The molecule has 0 atom stereocenters. The molecule has 0 bridgehead atoms. The highest BCUT2D eigenvalue weighted by molar-refractivity contribution is 6.02. The lowest BCUT2D eigenvalue weighted by molar-refractivity contribution is -0.119. The molecule has 12 rings (SSSR count). The van der Waals surface area contributed by atoms with E-state index in [1.54, 1.807) is 36.8 Å². The lowest BCUT2D eigenvalue weighted by Crippen LogP contribution is -2.28. The third-order valence-electron chi connectivity index (χ3n) is 12.0. The Balaban J connectivity index is 0.000000145. The Labute approximate surface area is 403 Å². The number of amides is 3. The molecule has 15 heteroatoms. The molecule has 3 N–H and O–H groups in total. The van der Waals surface area contributed by atoms with Gasteiger partial charge in [-0.2, -0.15) is 0 Å². The normalized spacial score (nSPS) is 16.1. The third kappa shape index (κ3) is 11.0. The molecule has 3 aromatic heterocycles. The number of benzene rings is 3. The van der Waals surface area contributed by atoms with E-state index >= 15 is 0 Å². The molecule has 3 aliphatic heterocycles. The lowest BCUT2D eigenvalue weighted by Gasteiger charge is -2.15. The monoisotopic (exact) mass is 936 g/mol. The van der Waals surface area contributed by atoms with Gasteiger partial charge < -0.3 is 44.4 Å². The van der Waals surface area contributed by atoms with Gasteiger partial charge in [0.1, 0.15) is 17.5 Å². The smallest absolute Gasteiger partial charge is 0.236 e. The average molecular weight is 937 g/mol. The number of rotatable bonds is 9. The van der Waals surface area contributed by atoms with Gasteiger partial charge in [-0.3, -0.25) is 14.4 Å². The fourth-order valence-electron chi connectivity index (χ4n) is 7.92. The maximum Gasteiger partial charge on any atom is 0.236 e. The van der Waals surface area contributed by atoms with Crippen molar-refractivity contribution in [3.63, 3.8) is 0 Å². The van der Waals surface area contributed by atoms with Crippen LogP contribution in [-0.4, -0.2) is 53.1 Å². The van der Waals surface area contributed by atoms with Crippen LogP contribution in [0.3, 0.4) is 0 Å². The molecule has 3 fully saturated rings. The Morgan fingerprint density at radius 2 is 0.638 bits per heavy atom. The Hall–Kier alpha value is -7.68. The molecule has 15 nitrogen and oxygen atoms in total. The first-order valence-electron chi connectivity index (χ1n) is 23.7. The summed E-state index contributed by atoms with van der Waals surface area (Å²) in [5.74, 6) is 6.04. The first kappa shape index (κ1) is 49.2. The van der Waals surface area contributed by atoms with Crippen molar-refractivity contribution >= 4 is 35.2 Å². The summed E-state index contributed by atoms with van der Waals surface area (Å²) in [7, 11) is 0. The van der Waals surface area contributed by atoms with E-state index < -0.39 is 16.2 Å². The zero-order valence-electron chi connectivity index (χ0n) is 40.0. The van der Waals surface area contributed by atoms with Gasteiger partial charge in [-0.15, -0.1) is 0 Å². The second-order valence-corrected chi connectivity index (χ2v) is 16.0. The van der Waals surface area contributed by atoms with Crippen molar-refractivity contribution in [2.75, 3.05) is 36.3 Å². The van der Waals surface area contributed by atoms with E-state index in [9.17, 15) is 14.4 Å². The molecule has 0 radical (unpaired) electrons. The average Bonchev–Trinajstić information content (AvgIpc) is 4.38. The number of carbonyl (C=O) groups is 3. The Morgan fingerprint density at radius 3 is 0.870 bits per heavy atom. The fraction of sp³-hybridized carbons (Fsp3) is 0.333. The van der Waals surface area contributed by atoms with Crippen molar-refractivity contribution in [1.29, 1.82) is 0 Å². The highest BCUT2D eigenvalue weighted by Crippen LogP contribution is 2.53. The van der Waals surface area contributed by atoms with Crippen molar-refractivity contribution in [2.45, 2.75) is 96.3 Å². The van der Waals surface area contributed by atoms with Crippen LogP contribution in [-0.2, 0) is 30.6 Å².